The molecule has 4 aromatic carbocycles. The first-order chi connectivity index (χ1) is 26.5. The van der Waals surface area contributed by atoms with Crippen molar-refractivity contribution in [3.63, 3.8) is 0 Å². The Kier molecular flexibility index (Phi) is 17.3. The number of nitrogen functional groups attached to an aromatic ring is 1. The third kappa shape index (κ3) is 16.1. The van der Waals surface area contributed by atoms with E-state index in [0.29, 0.717) is 31.7 Å². The van der Waals surface area contributed by atoms with Crippen LogP contribution in [-0.2, 0) is 37.0 Å². The van der Waals surface area contributed by atoms with Gasteiger partial charge in [0.1, 0.15) is 13.2 Å². The Morgan fingerprint density at radius 3 is 1.55 bits per heavy atom. The zero-order chi connectivity index (χ0) is 39.5. The van der Waals surface area contributed by atoms with Crippen LogP contribution in [0.15, 0.2) is 121 Å². The summed E-state index contributed by atoms with van der Waals surface area (Å²) in [5.41, 5.74) is 9.25. The van der Waals surface area contributed by atoms with Crippen molar-refractivity contribution in [1.29, 1.82) is 0 Å². The van der Waals surface area contributed by atoms with Gasteiger partial charge in [-0.15, -0.1) is 0 Å². The van der Waals surface area contributed by atoms with Gasteiger partial charge in [-0.3, -0.25) is 4.18 Å². The molecule has 296 valence electrons. The molecule has 0 radical (unpaired) electrons. The monoisotopic (exact) mass is 772 g/mol. The lowest BCUT2D eigenvalue weighted by Gasteiger charge is -2.35. The molecule has 0 aliphatic carbocycles. The van der Waals surface area contributed by atoms with Gasteiger partial charge in [0.2, 0.25) is 0 Å². The van der Waals surface area contributed by atoms with Crippen LogP contribution in [0, 0.1) is 11.8 Å². The summed E-state index contributed by atoms with van der Waals surface area (Å²) in [6.07, 6.45) is 3.80. The third-order valence-corrected chi connectivity index (χ3v) is 10.2. The molecule has 2 heterocycles. The van der Waals surface area contributed by atoms with Gasteiger partial charge in [0.25, 0.3) is 10.1 Å². The van der Waals surface area contributed by atoms with Crippen molar-refractivity contribution in [2.24, 2.45) is 11.8 Å². The number of benzene rings is 4. The summed E-state index contributed by atoms with van der Waals surface area (Å²) in [6, 6.07) is 39.3. The van der Waals surface area contributed by atoms with Gasteiger partial charge in [-0.2, -0.15) is 8.42 Å². The topological polar surface area (TPSA) is 140 Å². The van der Waals surface area contributed by atoms with Gasteiger partial charge >= 0.3 is 12.2 Å². The molecule has 12 heteroatoms. The van der Waals surface area contributed by atoms with Crippen LogP contribution < -0.4 is 11.1 Å². The fourth-order valence-corrected chi connectivity index (χ4v) is 7.20. The minimum absolute atomic E-state index is 0.0113. The number of anilines is 2. The molecule has 2 fully saturated rings. The summed E-state index contributed by atoms with van der Waals surface area (Å²) in [7, 11) is -3.49. The molecule has 0 unspecified atom stereocenters. The lowest BCUT2D eigenvalue weighted by Crippen LogP contribution is -2.44. The van der Waals surface area contributed by atoms with Crippen LogP contribution in [0.25, 0.3) is 0 Å². The molecule has 4 aromatic rings. The summed E-state index contributed by atoms with van der Waals surface area (Å²) in [5, 5.41) is 3.55. The van der Waals surface area contributed by atoms with Crippen LogP contribution in [0.5, 0.6) is 0 Å². The Hall–Kier alpha value is -5.07. The predicted octanol–water partition coefficient (Wildman–Crippen LogP) is 8.20. The summed E-state index contributed by atoms with van der Waals surface area (Å²) < 4.78 is 38.3. The molecule has 55 heavy (non-hydrogen) atoms. The molecule has 4 atom stereocenters. The fourth-order valence-electron chi connectivity index (χ4n) is 6.49. The second kappa shape index (κ2) is 22.3. The first-order valence-corrected chi connectivity index (χ1v) is 20.7. The van der Waals surface area contributed by atoms with Crippen LogP contribution in [0.3, 0.4) is 0 Å². The van der Waals surface area contributed by atoms with Gasteiger partial charge in [-0.25, -0.2) is 9.59 Å². The second-order valence-corrected chi connectivity index (χ2v) is 15.6. The molecule has 11 nitrogen and oxygen atoms in total. The Bertz CT molecular complexity index is 1800. The van der Waals surface area contributed by atoms with Crippen molar-refractivity contribution in [2.45, 2.75) is 64.9 Å². The number of ether oxygens (including phenoxy) is 2. The number of hydrogen-bond donors (Lipinski definition) is 2. The molecular weight excluding hydrogens is 717 g/mol. The first kappa shape index (κ1) is 42.7. The van der Waals surface area contributed by atoms with Crippen molar-refractivity contribution in [3.8, 4) is 0 Å². The maximum Gasteiger partial charge on any atom is 0.410 e. The van der Waals surface area contributed by atoms with E-state index in [-0.39, 0.29) is 24.7 Å². The molecule has 2 aliphatic heterocycles. The van der Waals surface area contributed by atoms with E-state index in [1.54, 1.807) is 11.8 Å². The van der Waals surface area contributed by atoms with Crippen LogP contribution in [-0.4, -0.2) is 75.0 Å². The largest absolute Gasteiger partial charge is 0.445 e. The highest BCUT2D eigenvalue weighted by molar-refractivity contribution is 7.86. The number of likely N-dealkylation sites (tertiary alicyclic amines) is 2. The maximum atomic E-state index is 12.4. The summed E-state index contributed by atoms with van der Waals surface area (Å²) in [5.74, 6) is 0.418. The number of nitrogens with one attached hydrogen (secondary N) is 1. The highest BCUT2D eigenvalue weighted by Crippen LogP contribution is 2.24. The van der Waals surface area contributed by atoms with E-state index in [4.69, 9.17) is 19.4 Å². The van der Waals surface area contributed by atoms with Crippen LogP contribution in [0.2, 0.25) is 0 Å². The highest BCUT2D eigenvalue weighted by atomic mass is 32.2. The molecular formula is C43H56N4O7S. The molecule has 3 N–H and O–H groups in total. The number of carbonyl (C=O) groups is 2. The maximum absolute atomic E-state index is 12.4. The van der Waals surface area contributed by atoms with E-state index in [1.807, 2.05) is 114 Å². The lowest BCUT2D eigenvalue weighted by atomic mass is 9.91. The number of hydrogen-bond acceptors (Lipinski definition) is 9. The molecule has 0 saturated carbocycles. The molecule has 2 aliphatic rings. The summed E-state index contributed by atoms with van der Waals surface area (Å²) >= 11 is 0. The predicted molar refractivity (Wildman–Crippen MR) is 218 cm³/mol. The quantitative estimate of drug-likeness (QED) is 0.121. The number of carbonyl (C=O) groups excluding carboxylic acids is 2. The molecule has 0 spiro atoms. The molecule has 2 amide bonds. The van der Waals surface area contributed by atoms with Crippen LogP contribution >= 0.6 is 0 Å². The van der Waals surface area contributed by atoms with Gasteiger partial charge in [0.05, 0.1) is 12.4 Å². The Balaban J connectivity index is 0.000000208. The third-order valence-electron chi connectivity index (χ3n) is 9.51. The zero-order valence-electron chi connectivity index (χ0n) is 32.2. The molecule has 6 rings (SSSR count). The number of para-hydroxylation sites is 2. The van der Waals surface area contributed by atoms with Crippen LogP contribution in [0.1, 0.15) is 50.7 Å². The van der Waals surface area contributed by atoms with Crippen molar-refractivity contribution >= 4 is 33.7 Å². The average molecular weight is 773 g/mol. The van der Waals surface area contributed by atoms with E-state index < -0.39 is 16.2 Å². The van der Waals surface area contributed by atoms with E-state index in [1.165, 1.54) is 0 Å². The van der Waals surface area contributed by atoms with Gasteiger partial charge in [-0.1, -0.05) is 97.1 Å². The number of amides is 2. The molecule has 0 bridgehead atoms. The average Bonchev–Trinajstić information content (AvgIpc) is 3.20. The smallest absolute Gasteiger partial charge is 0.410 e. The summed E-state index contributed by atoms with van der Waals surface area (Å²) in [6.45, 7) is 7.08. The first-order valence-electron chi connectivity index (χ1n) is 18.9. The Labute approximate surface area is 326 Å². The van der Waals surface area contributed by atoms with Crippen molar-refractivity contribution in [2.75, 3.05) is 43.5 Å². The van der Waals surface area contributed by atoms with E-state index >= 15 is 0 Å². The van der Waals surface area contributed by atoms with Gasteiger partial charge in [0.15, 0.2) is 0 Å². The Morgan fingerprint density at radius 1 is 0.691 bits per heavy atom. The highest BCUT2D eigenvalue weighted by Gasteiger charge is 2.31. The minimum atomic E-state index is -3.49. The van der Waals surface area contributed by atoms with Crippen molar-refractivity contribution in [3.05, 3.63) is 132 Å². The number of rotatable bonds is 10. The number of nitrogens with two attached hydrogens (primary N) is 1. The minimum Gasteiger partial charge on any atom is -0.445 e. The molecule has 2 saturated heterocycles. The second-order valence-electron chi connectivity index (χ2n) is 14.0. The van der Waals surface area contributed by atoms with E-state index in [0.717, 1.165) is 67.5 Å². The van der Waals surface area contributed by atoms with Gasteiger partial charge < -0.3 is 30.3 Å². The standard InChI is InChI=1S/C21H26N2O2.C16H23NO5S.C6H7N/c1-17(22-20-12-6-3-7-13-20)19-11-8-14-23(15-19)21(24)25-16-18-9-4-2-5-10-18;1-13(22-23(2,19)20)15-9-6-10-17(11-15)16(18)21-12-14-7-4-3-5-8-14;7-6-4-2-1-3-5-6/h2-7,9-10,12-13,17,19,22H,8,11,14-16H2,1H3;3-5,7-8,13,15H,6,9-12H2,1-2H3;1-5H,7H2/t17-,19+;13-,15-;/m10./s1. The lowest BCUT2D eigenvalue weighted by molar-refractivity contribution is 0.0551. The van der Waals surface area contributed by atoms with Crippen molar-refractivity contribution in [1.82, 2.24) is 9.80 Å². The molecule has 0 aromatic heterocycles. The zero-order valence-corrected chi connectivity index (χ0v) is 33.0. The number of piperidine rings is 2. The van der Waals surface area contributed by atoms with Gasteiger partial charge in [-0.05, 0) is 80.8 Å². The van der Waals surface area contributed by atoms with Gasteiger partial charge in [0, 0.05) is 49.5 Å². The van der Waals surface area contributed by atoms with Crippen molar-refractivity contribution < 1.29 is 31.7 Å². The SMILES string of the molecule is C[C@@H](Nc1ccccc1)[C@H]1CCCN(C(=O)OCc2ccccc2)C1.C[C@H](OS(C)(=O)=O)[C@H]1CCCN(C(=O)OCc2ccccc2)C1.Nc1ccccc1. The van der Waals surface area contributed by atoms with E-state index in [9.17, 15) is 18.0 Å². The Morgan fingerprint density at radius 2 is 1.11 bits per heavy atom. The number of nitrogens with zero attached hydrogens (tertiary/aromatic N) is 2. The summed E-state index contributed by atoms with van der Waals surface area (Å²) in [4.78, 5) is 28.0. The van der Waals surface area contributed by atoms with Crippen LogP contribution in [0.4, 0.5) is 21.0 Å². The fraction of sp³-hybridized carbons (Fsp3) is 0.395. The normalized spacial score (nSPS) is 17.9. The van der Waals surface area contributed by atoms with E-state index in [2.05, 4.69) is 24.4 Å².